The molecule has 2 aliphatic heterocycles. The molecule has 162 valence electrons. The van der Waals surface area contributed by atoms with E-state index >= 15 is 0 Å². The molecular weight excluding hydrogens is 394 g/mol. The van der Waals surface area contributed by atoms with E-state index < -0.39 is 0 Å². The van der Waals surface area contributed by atoms with Gasteiger partial charge < -0.3 is 9.64 Å². The Kier molecular flexibility index (Phi) is 7.13. The Hall–Kier alpha value is -1.82. The van der Waals surface area contributed by atoms with Crippen molar-refractivity contribution in [3.05, 3.63) is 29.8 Å². The average molecular weight is 428 g/mol. The van der Waals surface area contributed by atoms with Gasteiger partial charge in [-0.3, -0.25) is 9.79 Å². The van der Waals surface area contributed by atoms with Gasteiger partial charge in [-0.1, -0.05) is 31.5 Å². The van der Waals surface area contributed by atoms with E-state index in [1.807, 2.05) is 17.0 Å². The molecule has 30 heavy (non-hydrogen) atoms. The van der Waals surface area contributed by atoms with Crippen LogP contribution in [-0.2, 0) is 4.79 Å². The predicted molar refractivity (Wildman–Crippen MR) is 125 cm³/mol. The van der Waals surface area contributed by atoms with Crippen LogP contribution in [0.25, 0.3) is 0 Å². The number of hydrogen-bond acceptors (Lipinski definition) is 5. The number of carbonyl (C=O) groups is 1. The van der Waals surface area contributed by atoms with Gasteiger partial charge in [0.15, 0.2) is 5.66 Å². The van der Waals surface area contributed by atoms with E-state index in [1.54, 1.807) is 11.8 Å². The predicted octanol–water partition coefficient (Wildman–Crippen LogP) is 5.08. The zero-order valence-electron chi connectivity index (χ0n) is 18.1. The number of benzene rings is 1. The summed E-state index contributed by atoms with van der Waals surface area (Å²) in [6.07, 6.45) is 10.1. The van der Waals surface area contributed by atoms with Crippen molar-refractivity contribution in [3.8, 4) is 5.75 Å². The quantitative estimate of drug-likeness (QED) is 0.570. The van der Waals surface area contributed by atoms with Crippen molar-refractivity contribution in [2.24, 2.45) is 9.98 Å². The Labute approximate surface area is 184 Å². The highest BCUT2D eigenvalue weighted by atomic mass is 32.2. The molecule has 1 aliphatic carbocycles. The van der Waals surface area contributed by atoms with Crippen molar-refractivity contribution in [2.45, 2.75) is 70.4 Å². The van der Waals surface area contributed by atoms with Gasteiger partial charge in [0.05, 0.1) is 18.1 Å². The van der Waals surface area contributed by atoms with Crippen molar-refractivity contribution in [1.29, 1.82) is 0 Å². The van der Waals surface area contributed by atoms with E-state index in [0.717, 1.165) is 80.3 Å². The van der Waals surface area contributed by atoms with Crippen LogP contribution in [0.3, 0.4) is 0 Å². The molecule has 5 nitrogen and oxygen atoms in total. The van der Waals surface area contributed by atoms with Crippen LogP contribution in [0, 0.1) is 0 Å². The summed E-state index contributed by atoms with van der Waals surface area (Å²) < 4.78 is 5.81. The van der Waals surface area contributed by atoms with Crippen molar-refractivity contribution < 1.29 is 9.53 Å². The summed E-state index contributed by atoms with van der Waals surface area (Å²) in [6.45, 7) is 4.71. The first-order chi connectivity index (χ1) is 14.7. The van der Waals surface area contributed by atoms with E-state index in [2.05, 4.69) is 19.1 Å². The van der Waals surface area contributed by atoms with Crippen LogP contribution in [0.5, 0.6) is 5.75 Å². The van der Waals surface area contributed by atoms with Gasteiger partial charge in [0.2, 0.25) is 5.91 Å². The lowest BCUT2D eigenvalue weighted by atomic mass is 9.90. The molecule has 2 fully saturated rings. The van der Waals surface area contributed by atoms with Crippen LogP contribution in [0.4, 0.5) is 0 Å². The average Bonchev–Trinajstić information content (AvgIpc) is 3.42. The Morgan fingerprint density at radius 1 is 1.07 bits per heavy atom. The number of thioether (sulfide) groups is 1. The molecule has 1 aromatic rings. The molecule has 1 aromatic carbocycles. The third-order valence-electron chi connectivity index (χ3n) is 6.17. The molecule has 0 aromatic heterocycles. The number of nitrogens with zero attached hydrogens (tertiary/aromatic N) is 3. The summed E-state index contributed by atoms with van der Waals surface area (Å²) >= 11 is 1.57. The fraction of sp³-hybridized carbons (Fsp3) is 0.625. The second-order valence-corrected chi connectivity index (χ2v) is 9.49. The molecular formula is C24H33N3O2S. The van der Waals surface area contributed by atoms with E-state index in [9.17, 15) is 4.79 Å². The molecule has 2 heterocycles. The van der Waals surface area contributed by atoms with Crippen LogP contribution in [0.15, 0.2) is 34.3 Å². The van der Waals surface area contributed by atoms with Gasteiger partial charge in [-0.25, -0.2) is 4.99 Å². The standard InChI is InChI=1S/C24H33N3O2S/c1-2-3-17-29-20-11-9-19(10-12-20)22-23(26-24(25-22)13-5-4-6-14-24)30-18-21(28)27-15-7-8-16-27/h9-12H,2-8,13-18H2,1H3. The Morgan fingerprint density at radius 2 is 1.80 bits per heavy atom. The fourth-order valence-electron chi connectivity index (χ4n) is 4.38. The fourth-order valence-corrected chi connectivity index (χ4v) is 5.36. The van der Waals surface area contributed by atoms with Crippen molar-refractivity contribution in [1.82, 2.24) is 4.90 Å². The number of hydrogen-bond donors (Lipinski definition) is 0. The molecule has 1 spiro atoms. The first-order valence-electron chi connectivity index (χ1n) is 11.5. The first-order valence-corrected chi connectivity index (χ1v) is 12.5. The van der Waals surface area contributed by atoms with Gasteiger partial charge in [-0.2, -0.15) is 0 Å². The summed E-state index contributed by atoms with van der Waals surface area (Å²) in [5.41, 5.74) is 1.72. The van der Waals surface area contributed by atoms with Crippen LogP contribution in [-0.4, -0.2) is 52.7 Å². The maximum Gasteiger partial charge on any atom is 0.232 e. The number of ether oxygens (including phenoxy) is 1. The number of likely N-dealkylation sites (tertiary alicyclic amines) is 1. The minimum Gasteiger partial charge on any atom is -0.494 e. The van der Waals surface area contributed by atoms with Gasteiger partial charge in [0.25, 0.3) is 0 Å². The summed E-state index contributed by atoms with van der Waals surface area (Å²) in [7, 11) is 0. The molecule has 1 saturated carbocycles. The molecule has 3 aliphatic rings. The molecule has 1 amide bonds. The first kappa shape index (κ1) is 21.4. The summed E-state index contributed by atoms with van der Waals surface area (Å²) in [5, 5.41) is 0.934. The SMILES string of the molecule is CCCCOc1ccc(C2=NC3(CCCCC3)N=C2SCC(=O)N2CCCC2)cc1. The van der Waals surface area contributed by atoms with Crippen molar-refractivity contribution in [3.63, 3.8) is 0 Å². The van der Waals surface area contributed by atoms with E-state index in [0.29, 0.717) is 5.75 Å². The van der Waals surface area contributed by atoms with Crippen LogP contribution in [0.1, 0.15) is 70.3 Å². The molecule has 6 heteroatoms. The van der Waals surface area contributed by atoms with Crippen LogP contribution < -0.4 is 4.74 Å². The van der Waals surface area contributed by atoms with E-state index in [4.69, 9.17) is 14.7 Å². The van der Waals surface area contributed by atoms with Gasteiger partial charge in [-0.15, -0.1) is 0 Å². The lowest BCUT2D eigenvalue weighted by molar-refractivity contribution is -0.127. The number of rotatable bonds is 7. The third kappa shape index (κ3) is 5.08. The number of aliphatic imine (C=N–C) groups is 2. The molecule has 0 N–H and O–H groups in total. The molecule has 1 saturated heterocycles. The van der Waals surface area contributed by atoms with Crippen molar-refractivity contribution in [2.75, 3.05) is 25.4 Å². The summed E-state index contributed by atoms with van der Waals surface area (Å²) in [5.74, 6) is 1.57. The number of carbonyl (C=O) groups excluding carboxylic acids is 1. The summed E-state index contributed by atoms with van der Waals surface area (Å²) in [6, 6.07) is 8.22. The summed E-state index contributed by atoms with van der Waals surface area (Å²) in [4.78, 5) is 24.8. The maximum atomic E-state index is 12.6. The topological polar surface area (TPSA) is 54.3 Å². The number of amides is 1. The van der Waals surface area contributed by atoms with Crippen LogP contribution >= 0.6 is 11.8 Å². The molecule has 0 atom stereocenters. The lowest BCUT2D eigenvalue weighted by Gasteiger charge is -2.27. The van der Waals surface area contributed by atoms with Crippen LogP contribution in [0.2, 0.25) is 0 Å². The van der Waals surface area contributed by atoms with Gasteiger partial charge in [-0.05, 0) is 69.2 Å². The Bertz CT molecular complexity index is 791. The zero-order chi connectivity index (χ0) is 20.8. The highest BCUT2D eigenvalue weighted by Crippen LogP contribution is 2.39. The van der Waals surface area contributed by atoms with Gasteiger partial charge in [0, 0.05) is 18.7 Å². The minimum absolute atomic E-state index is 0.226. The highest BCUT2D eigenvalue weighted by Gasteiger charge is 2.38. The van der Waals surface area contributed by atoms with E-state index in [1.165, 1.54) is 19.3 Å². The second kappa shape index (κ2) is 9.99. The highest BCUT2D eigenvalue weighted by molar-refractivity contribution is 8.16. The van der Waals surface area contributed by atoms with Gasteiger partial charge in [0.1, 0.15) is 10.8 Å². The normalized spacial score (nSPS) is 20.4. The molecule has 0 radical (unpaired) electrons. The zero-order valence-corrected chi connectivity index (χ0v) is 18.9. The molecule has 0 bridgehead atoms. The van der Waals surface area contributed by atoms with E-state index in [-0.39, 0.29) is 11.6 Å². The van der Waals surface area contributed by atoms with Gasteiger partial charge >= 0.3 is 0 Å². The largest absolute Gasteiger partial charge is 0.494 e. The Morgan fingerprint density at radius 3 is 2.50 bits per heavy atom. The third-order valence-corrected chi connectivity index (χ3v) is 7.12. The van der Waals surface area contributed by atoms with Crippen molar-refractivity contribution >= 4 is 28.4 Å². The number of unbranched alkanes of at least 4 members (excludes halogenated alkanes) is 1. The second-order valence-electron chi connectivity index (χ2n) is 8.52. The maximum absolute atomic E-state index is 12.6. The smallest absolute Gasteiger partial charge is 0.232 e. The molecule has 4 rings (SSSR count). The molecule has 0 unspecified atom stereocenters. The lowest BCUT2D eigenvalue weighted by Crippen LogP contribution is -2.30. The minimum atomic E-state index is -0.303. The Balaban J connectivity index is 1.48. The monoisotopic (exact) mass is 427 g/mol.